The SMILES string of the molecule is CCOc1cc2c(cc1CNC(=O)[C@@H]1CC[C@H](N)C1)O[C@H](C)C2. The molecule has 0 spiro atoms. The summed E-state index contributed by atoms with van der Waals surface area (Å²) in [5.41, 5.74) is 8.04. The summed E-state index contributed by atoms with van der Waals surface area (Å²) >= 11 is 0. The second-order valence-corrected chi connectivity index (χ2v) is 6.62. The van der Waals surface area contributed by atoms with Crippen molar-refractivity contribution >= 4 is 5.91 Å². The third kappa shape index (κ3) is 3.61. The number of fused-ring (bicyclic) bond motifs is 1. The predicted octanol–water partition coefficient (Wildman–Crippen LogP) is 2.15. The molecular formula is C18H26N2O3. The first-order valence-electron chi connectivity index (χ1n) is 8.55. The quantitative estimate of drug-likeness (QED) is 0.872. The Hall–Kier alpha value is -1.75. The lowest BCUT2D eigenvalue weighted by Gasteiger charge is -2.15. The van der Waals surface area contributed by atoms with Crippen LogP contribution in [0.2, 0.25) is 0 Å². The van der Waals surface area contributed by atoms with E-state index >= 15 is 0 Å². The maximum Gasteiger partial charge on any atom is 0.223 e. The summed E-state index contributed by atoms with van der Waals surface area (Å²) in [4.78, 5) is 12.3. The Morgan fingerprint density at radius 2 is 2.26 bits per heavy atom. The summed E-state index contributed by atoms with van der Waals surface area (Å²) < 4.78 is 11.6. The molecule has 1 heterocycles. The highest BCUT2D eigenvalue weighted by Gasteiger charge is 2.28. The van der Waals surface area contributed by atoms with Gasteiger partial charge in [-0.2, -0.15) is 0 Å². The van der Waals surface area contributed by atoms with E-state index in [0.29, 0.717) is 13.2 Å². The van der Waals surface area contributed by atoms with E-state index in [9.17, 15) is 4.79 Å². The fourth-order valence-electron chi connectivity index (χ4n) is 3.49. The van der Waals surface area contributed by atoms with Gasteiger partial charge in [0.1, 0.15) is 17.6 Å². The number of hydrogen-bond acceptors (Lipinski definition) is 4. The van der Waals surface area contributed by atoms with Gasteiger partial charge in [-0.05, 0) is 45.2 Å². The Kier molecular flexibility index (Phi) is 4.76. The van der Waals surface area contributed by atoms with E-state index in [1.54, 1.807) is 0 Å². The number of ether oxygens (including phenoxy) is 2. The van der Waals surface area contributed by atoms with Crippen LogP contribution in [0.15, 0.2) is 12.1 Å². The van der Waals surface area contributed by atoms with Gasteiger partial charge in [-0.15, -0.1) is 0 Å². The lowest BCUT2D eigenvalue weighted by Crippen LogP contribution is -2.30. The van der Waals surface area contributed by atoms with E-state index in [4.69, 9.17) is 15.2 Å². The van der Waals surface area contributed by atoms with Crippen LogP contribution in [0.3, 0.4) is 0 Å². The third-order valence-corrected chi connectivity index (χ3v) is 4.68. The van der Waals surface area contributed by atoms with Crippen LogP contribution in [0.1, 0.15) is 44.2 Å². The van der Waals surface area contributed by atoms with Crippen molar-refractivity contribution in [2.75, 3.05) is 6.61 Å². The zero-order valence-electron chi connectivity index (χ0n) is 13.9. The van der Waals surface area contributed by atoms with Crippen molar-refractivity contribution < 1.29 is 14.3 Å². The molecule has 0 bridgehead atoms. The summed E-state index contributed by atoms with van der Waals surface area (Å²) in [7, 11) is 0. The van der Waals surface area contributed by atoms with E-state index < -0.39 is 0 Å². The molecule has 5 nitrogen and oxygen atoms in total. The molecule has 0 aromatic heterocycles. The minimum absolute atomic E-state index is 0.0474. The Balaban J connectivity index is 1.69. The smallest absolute Gasteiger partial charge is 0.223 e. The first-order chi connectivity index (χ1) is 11.1. The van der Waals surface area contributed by atoms with Crippen LogP contribution in [-0.4, -0.2) is 24.7 Å². The van der Waals surface area contributed by atoms with Crippen molar-refractivity contribution in [2.45, 2.75) is 58.2 Å². The highest BCUT2D eigenvalue weighted by molar-refractivity contribution is 5.79. The highest BCUT2D eigenvalue weighted by Crippen LogP contribution is 2.35. The molecule has 1 aliphatic heterocycles. The minimum Gasteiger partial charge on any atom is -0.494 e. The van der Waals surface area contributed by atoms with Gasteiger partial charge in [0, 0.05) is 36.1 Å². The van der Waals surface area contributed by atoms with Crippen LogP contribution in [0, 0.1) is 5.92 Å². The standard InChI is InChI=1S/C18H26N2O3/c1-3-22-16-8-13-6-11(2)23-17(13)9-14(16)10-20-18(21)12-4-5-15(19)7-12/h8-9,11-12,15H,3-7,10,19H2,1-2H3,(H,20,21)/t11-,12-,15+/m1/s1. The number of benzene rings is 1. The van der Waals surface area contributed by atoms with Crippen molar-refractivity contribution in [3.8, 4) is 11.5 Å². The zero-order chi connectivity index (χ0) is 16.4. The maximum atomic E-state index is 12.3. The number of carbonyl (C=O) groups excluding carboxylic acids is 1. The molecule has 2 aliphatic rings. The van der Waals surface area contributed by atoms with E-state index in [-0.39, 0.29) is 24.0 Å². The van der Waals surface area contributed by atoms with E-state index in [1.807, 2.05) is 13.0 Å². The van der Waals surface area contributed by atoms with E-state index in [2.05, 4.69) is 18.3 Å². The summed E-state index contributed by atoms with van der Waals surface area (Å²) in [6.07, 6.45) is 3.71. The molecule has 1 fully saturated rings. The molecule has 1 aromatic rings. The summed E-state index contributed by atoms with van der Waals surface area (Å²) in [6, 6.07) is 4.22. The molecule has 1 saturated carbocycles. The fourth-order valence-corrected chi connectivity index (χ4v) is 3.49. The highest BCUT2D eigenvalue weighted by atomic mass is 16.5. The van der Waals surface area contributed by atoms with Crippen LogP contribution in [0.25, 0.3) is 0 Å². The van der Waals surface area contributed by atoms with Gasteiger partial charge in [0.05, 0.1) is 6.61 Å². The van der Waals surface area contributed by atoms with Gasteiger partial charge in [-0.1, -0.05) is 0 Å². The van der Waals surface area contributed by atoms with Crippen LogP contribution in [0.4, 0.5) is 0 Å². The van der Waals surface area contributed by atoms with Crippen LogP contribution in [-0.2, 0) is 17.8 Å². The molecule has 0 unspecified atom stereocenters. The van der Waals surface area contributed by atoms with Crippen molar-refractivity contribution in [2.24, 2.45) is 11.7 Å². The Labute approximate surface area is 137 Å². The van der Waals surface area contributed by atoms with Crippen molar-refractivity contribution in [3.05, 3.63) is 23.3 Å². The number of rotatable bonds is 5. The molecule has 1 aliphatic carbocycles. The van der Waals surface area contributed by atoms with Gasteiger partial charge in [-0.3, -0.25) is 4.79 Å². The molecule has 0 saturated heterocycles. The lowest BCUT2D eigenvalue weighted by atomic mass is 10.0. The van der Waals surface area contributed by atoms with E-state index in [0.717, 1.165) is 42.7 Å². The molecule has 3 N–H and O–H groups in total. The Morgan fingerprint density at radius 3 is 2.96 bits per heavy atom. The molecule has 126 valence electrons. The molecular weight excluding hydrogens is 292 g/mol. The number of hydrogen-bond donors (Lipinski definition) is 2. The zero-order valence-corrected chi connectivity index (χ0v) is 13.9. The number of carbonyl (C=O) groups is 1. The van der Waals surface area contributed by atoms with Gasteiger partial charge in [0.25, 0.3) is 0 Å². The molecule has 3 rings (SSSR count). The lowest BCUT2D eigenvalue weighted by molar-refractivity contribution is -0.125. The normalized spacial score (nSPS) is 25.8. The maximum absolute atomic E-state index is 12.3. The average molecular weight is 318 g/mol. The first-order valence-corrected chi connectivity index (χ1v) is 8.55. The number of nitrogens with two attached hydrogens (primary N) is 1. The van der Waals surface area contributed by atoms with Gasteiger partial charge in [-0.25, -0.2) is 0 Å². The van der Waals surface area contributed by atoms with Gasteiger partial charge >= 0.3 is 0 Å². The molecule has 1 aromatic carbocycles. The van der Waals surface area contributed by atoms with Crippen LogP contribution >= 0.6 is 0 Å². The van der Waals surface area contributed by atoms with Crippen molar-refractivity contribution in [3.63, 3.8) is 0 Å². The molecule has 0 radical (unpaired) electrons. The minimum atomic E-state index is 0.0474. The van der Waals surface area contributed by atoms with Crippen LogP contribution < -0.4 is 20.5 Å². The monoisotopic (exact) mass is 318 g/mol. The first kappa shape index (κ1) is 16.1. The van der Waals surface area contributed by atoms with Crippen molar-refractivity contribution in [1.82, 2.24) is 5.32 Å². The van der Waals surface area contributed by atoms with E-state index in [1.165, 1.54) is 5.56 Å². The third-order valence-electron chi connectivity index (χ3n) is 4.68. The number of amides is 1. The molecule has 5 heteroatoms. The summed E-state index contributed by atoms with van der Waals surface area (Å²) in [5.74, 6) is 1.89. The average Bonchev–Trinajstić information content (AvgIpc) is 3.09. The molecule has 23 heavy (non-hydrogen) atoms. The van der Waals surface area contributed by atoms with Gasteiger partial charge < -0.3 is 20.5 Å². The topological polar surface area (TPSA) is 73.6 Å². The largest absolute Gasteiger partial charge is 0.494 e. The number of nitrogens with one attached hydrogen (secondary N) is 1. The van der Waals surface area contributed by atoms with Gasteiger partial charge in [0.15, 0.2) is 0 Å². The van der Waals surface area contributed by atoms with Crippen molar-refractivity contribution in [1.29, 1.82) is 0 Å². The molecule has 1 amide bonds. The second kappa shape index (κ2) is 6.79. The molecule has 3 atom stereocenters. The fraction of sp³-hybridized carbons (Fsp3) is 0.611. The Bertz CT molecular complexity index is 588. The Morgan fingerprint density at radius 1 is 1.43 bits per heavy atom. The summed E-state index contributed by atoms with van der Waals surface area (Å²) in [5, 5.41) is 3.03. The second-order valence-electron chi connectivity index (χ2n) is 6.62. The summed E-state index contributed by atoms with van der Waals surface area (Å²) in [6.45, 7) is 5.10. The van der Waals surface area contributed by atoms with Gasteiger partial charge in [0.2, 0.25) is 5.91 Å². The van der Waals surface area contributed by atoms with Crippen LogP contribution in [0.5, 0.6) is 11.5 Å². The predicted molar refractivity (Wildman–Crippen MR) is 88.6 cm³/mol.